The molecule has 1 aliphatic rings. The van der Waals surface area contributed by atoms with Gasteiger partial charge >= 0.3 is 0 Å². The molecular weight excluding hydrogens is 343 g/mol. The summed E-state index contributed by atoms with van der Waals surface area (Å²) in [5.41, 5.74) is 0.633. The van der Waals surface area contributed by atoms with Crippen molar-refractivity contribution in [3.8, 4) is 0 Å². The van der Waals surface area contributed by atoms with Crippen LogP contribution in [0.4, 0.5) is 10.1 Å². The number of Topliss-reactive ketones (excluding diaryl/α,β-unsaturated/α-hetero) is 1. The van der Waals surface area contributed by atoms with Gasteiger partial charge in [-0.1, -0.05) is 12.1 Å². The van der Waals surface area contributed by atoms with E-state index in [1.165, 1.54) is 34.6 Å². The van der Waals surface area contributed by atoms with E-state index in [2.05, 4.69) is 5.32 Å². The van der Waals surface area contributed by atoms with Crippen LogP contribution in [-0.4, -0.2) is 38.1 Å². The largest absolute Gasteiger partial charge is 0.375 e. The third kappa shape index (κ3) is 3.88. The summed E-state index contributed by atoms with van der Waals surface area (Å²) in [5.74, 6) is -0.671. The van der Waals surface area contributed by atoms with E-state index in [1.807, 2.05) is 0 Å². The van der Waals surface area contributed by atoms with Crippen molar-refractivity contribution in [3.63, 3.8) is 0 Å². The number of hydrogen-bond acceptors (Lipinski definition) is 4. The van der Waals surface area contributed by atoms with Gasteiger partial charge in [-0.25, -0.2) is 12.8 Å². The molecule has 0 bridgehead atoms. The molecule has 7 heteroatoms. The number of benzene rings is 2. The van der Waals surface area contributed by atoms with Crippen molar-refractivity contribution < 1.29 is 17.6 Å². The van der Waals surface area contributed by atoms with Crippen LogP contribution in [0.3, 0.4) is 0 Å². The molecular formula is C18H19FN2O3S. The Morgan fingerprint density at radius 1 is 1.04 bits per heavy atom. The Labute approximate surface area is 146 Å². The first kappa shape index (κ1) is 17.6. The summed E-state index contributed by atoms with van der Waals surface area (Å²) in [7, 11) is -3.49. The highest BCUT2D eigenvalue weighted by atomic mass is 32.2. The summed E-state index contributed by atoms with van der Waals surface area (Å²) in [6.07, 6.45) is 1.75. The van der Waals surface area contributed by atoms with Gasteiger partial charge in [-0.15, -0.1) is 0 Å². The Morgan fingerprint density at radius 2 is 1.68 bits per heavy atom. The van der Waals surface area contributed by atoms with E-state index in [-0.39, 0.29) is 22.9 Å². The average Bonchev–Trinajstić information content (AvgIpc) is 3.16. The van der Waals surface area contributed by atoms with E-state index in [0.29, 0.717) is 18.7 Å². The summed E-state index contributed by atoms with van der Waals surface area (Å²) in [4.78, 5) is 12.4. The summed E-state index contributed by atoms with van der Waals surface area (Å²) in [6, 6.07) is 12.0. The molecule has 1 saturated heterocycles. The number of sulfonamides is 1. The summed E-state index contributed by atoms with van der Waals surface area (Å²) >= 11 is 0. The van der Waals surface area contributed by atoms with Crippen molar-refractivity contribution >= 4 is 21.5 Å². The normalized spacial score (nSPS) is 15.2. The lowest BCUT2D eigenvalue weighted by molar-refractivity contribution is 0.101. The van der Waals surface area contributed by atoms with Crippen molar-refractivity contribution in [1.29, 1.82) is 0 Å². The number of ketones is 1. The van der Waals surface area contributed by atoms with E-state index in [1.54, 1.807) is 18.2 Å². The third-order valence-corrected chi connectivity index (χ3v) is 6.11. The zero-order valence-electron chi connectivity index (χ0n) is 13.6. The summed E-state index contributed by atoms with van der Waals surface area (Å²) in [6.45, 7) is 1.00. The number of nitrogens with one attached hydrogen (secondary N) is 1. The van der Waals surface area contributed by atoms with Crippen LogP contribution in [0.5, 0.6) is 0 Å². The number of para-hydroxylation sites is 1. The minimum absolute atomic E-state index is 0.0703. The van der Waals surface area contributed by atoms with Crippen LogP contribution in [0.1, 0.15) is 23.2 Å². The number of nitrogens with zero attached hydrogens (tertiary/aromatic N) is 1. The second-order valence-corrected chi connectivity index (χ2v) is 7.83. The SMILES string of the molecule is O=C(CNc1ccccc1F)c1ccc(S(=O)(=O)N2CCCC2)cc1. The van der Waals surface area contributed by atoms with E-state index < -0.39 is 15.8 Å². The second kappa shape index (κ2) is 7.33. The molecule has 25 heavy (non-hydrogen) atoms. The number of hydrogen-bond donors (Lipinski definition) is 1. The Balaban J connectivity index is 1.67. The van der Waals surface area contributed by atoms with Gasteiger partial charge in [-0.3, -0.25) is 4.79 Å². The quantitative estimate of drug-likeness (QED) is 0.803. The Bertz CT molecular complexity index is 860. The fraction of sp³-hybridized carbons (Fsp3) is 0.278. The van der Waals surface area contributed by atoms with Crippen LogP contribution in [0.25, 0.3) is 0 Å². The van der Waals surface area contributed by atoms with Gasteiger partial charge in [0.25, 0.3) is 0 Å². The number of halogens is 1. The van der Waals surface area contributed by atoms with E-state index in [4.69, 9.17) is 0 Å². The summed E-state index contributed by atoms with van der Waals surface area (Å²) < 4.78 is 39.9. The lowest BCUT2D eigenvalue weighted by atomic mass is 10.1. The van der Waals surface area contributed by atoms with Gasteiger partial charge in [0.2, 0.25) is 10.0 Å². The molecule has 5 nitrogen and oxygen atoms in total. The topological polar surface area (TPSA) is 66.5 Å². The molecule has 0 atom stereocenters. The van der Waals surface area contributed by atoms with E-state index in [0.717, 1.165) is 12.8 Å². The third-order valence-electron chi connectivity index (χ3n) is 4.19. The number of rotatable bonds is 6. The zero-order valence-corrected chi connectivity index (χ0v) is 14.4. The van der Waals surface area contributed by atoms with Gasteiger partial charge in [-0.05, 0) is 49.2 Å². The lowest BCUT2D eigenvalue weighted by Gasteiger charge is -2.15. The van der Waals surface area contributed by atoms with E-state index in [9.17, 15) is 17.6 Å². The van der Waals surface area contributed by atoms with Gasteiger partial charge in [-0.2, -0.15) is 4.31 Å². The smallest absolute Gasteiger partial charge is 0.243 e. The Kier molecular flexibility index (Phi) is 5.15. The fourth-order valence-corrected chi connectivity index (χ4v) is 4.29. The molecule has 2 aromatic carbocycles. The van der Waals surface area contributed by atoms with Gasteiger partial charge in [0.05, 0.1) is 17.1 Å². The van der Waals surface area contributed by atoms with Gasteiger partial charge in [0.15, 0.2) is 5.78 Å². The Morgan fingerprint density at radius 3 is 2.32 bits per heavy atom. The van der Waals surface area contributed by atoms with Crippen LogP contribution < -0.4 is 5.32 Å². The Hall–Kier alpha value is -2.25. The maximum absolute atomic E-state index is 13.5. The minimum atomic E-state index is -3.49. The molecule has 0 aliphatic carbocycles. The molecule has 3 rings (SSSR count). The highest BCUT2D eigenvalue weighted by Crippen LogP contribution is 2.21. The minimum Gasteiger partial charge on any atom is -0.375 e. The van der Waals surface area contributed by atoms with Gasteiger partial charge < -0.3 is 5.32 Å². The average molecular weight is 362 g/mol. The van der Waals surface area contributed by atoms with Crippen molar-refractivity contribution in [2.45, 2.75) is 17.7 Å². The highest BCUT2D eigenvalue weighted by Gasteiger charge is 2.27. The monoisotopic (exact) mass is 362 g/mol. The maximum Gasteiger partial charge on any atom is 0.243 e. The first-order chi connectivity index (χ1) is 12.0. The molecule has 1 aliphatic heterocycles. The van der Waals surface area contributed by atoms with Gasteiger partial charge in [0, 0.05) is 18.7 Å². The second-order valence-electron chi connectivity index (χ2n) is 5.89. The molecule has 0 amide bonds. The molecule has 0 unspecified atom stereocenters. The van der Waals surface area contributed by atoms with Crippen LogP contribution in [0.2, 0.25) is 0 Å². The van der Waals surface area contributed by atoms with E-state index >= 15 is 0 Å². The van der Waals surface area contributed by atoms with Gasteiger partial charge in [0.1, 0.15) is 5.82 Å². The first-order valence-corrected chi connectivity index (χ1v) is 9.54. The number of carbonyl (C=O) groups is 1. The highest BCUT2D eigenvalue weighted by molar-refractivity contribution is 7.89. The molecule has 2 aromatic rings. The molecule has 1 heterocycles. The molecule has 1 fully saturated rings. The number of anilines is 1. The predicted octanol–water partition coefficient (Wildman–Crippen LogP) is 2.91. The fourth-order valence-electron chi connectivity index (χ4n) is 2.77. The van der Waals surface area contributed by atoms with Crippen LogP contribution in [-0.2, 0) is 10.0 Å². The van der Waals surface area contributed by atoms with Crippen molar-refractivity contribution in [2.24, 2.45) is 0 Å². The molecule has 0 aromatic heterocycles. The number of carbonyl (C=O) groups excluding carboxylic acids is 1. The standard InChI is InChI=1S/C18H19FN2O3S/c19-16-5-1-2-6-17(16)20-13-18(22)14-7-9-15(10-8-14)25(23,24)21-11-3-4-12-21/h1-2,5-10,20H,3-4,11-13H2. The predicted molar refractivity (Wildman–Crippen MR) is 93.7 cm³/mol. The summed E-state index contributed by atoms with van der Waals surface area (Å²) in [5, 5.41) is 2.75. The van der Waals surface area contributed by atoms with Crippen molar-refractivity contribution in [3.05, 3.63) is 59.9 Å². The van der Waals surface area contributed by atoms with Crippen molar-refractivity contribution in [2.75, 3.05) is 25.0 Å². The maximum atomic E-state index is 13.5. The van der Waals surface area contributed by atoms with Crippen LogP contribution in [0.15, 0.2) is 53.4 Å². The molecule has 0 saturated carbocycles. The molecule has 132 valence electrons. The van der Waals surface area contributed by atoms with Crippen molar-refractivity contribution in [1.82, 2.24) is 4.31 Å². The molecule has 1 N–H and O–H groups in total. The molecule has 0 radical (unpaired) electrons. The van der Waals surface area contributed by atoms with Crippen LogP contribution >= 0.6 is 0 Å². The first-order valence-electron chi connectivity index (χ1n) is 8.10. The zero-order chi connectivity index (χ0) is 17.9. The lowest BCUT2D eigenvalue weighted by Crippen LogP contribution is -2.27. The van der Waals surface area contributed by atoms with Crippen LogP contribution in [0, 0.1) is 5.82 Å². The molecule has 0 spiro atoms.